The van der Waals surface area contributed by atoms with Gasteiger partial charge in [0.2, 0.25) is 11.1 Å². The van der Waals surface area contributed by atoms with Gasteiger partial charge in [-0.1, -0.05) is 23.9 Å². The number of nitrogens with zero attached hydrogens (tertiary/aromatic N) is 3. The Kier molecular flexibility index (Phi) is 5.00. The summed E-state index contributed by atoms with van der Waals surface area (Å²) in [6, 6.07) is 5.79. The van der Waals surface area contributed by atoms with Gasteiger partial charge >= 0.3 is 0 Å². The number of carbonyl (C=O) groups is 1. The van der Waals surface area contributed by atoms with Gasteiger partial charge < -0.3 is 15.5 Å². The van der Waals surface area contributed by atoms with Gasteiger partial charge in [-0.05, 0) is 24.6 Å². The molecule has 2 aromatic rings. The Hall–Kier alpha value is -2.13. The van der Waals surface area contributed by atoms with Crippen LogP contribution in [0.2, 0.25) is 0 Å². The lowest BCUT2D eigenvalue weighted by Gasteiger charge is -2.32. The number of hydrogen-bond donors (Lipinski definition) is 2. The lowest BCUT2D eigenvalue weighted by Crippen LogP contribution is -2.44. The predicted molar refractivity (Wildman–Crippen MR) is 87.8 cm³/mol. The van der Waals surface area contributed by atoms with E-state index in [2.05, 4.69) is 20.9 Å². The van der Waals surface area contributed by atoms with Gasteiger partial charge in [-0.25, -0.2) is 9.07 Å². The molecular formula is C15H18FN5O2S. The smallest absolute Gasteiger partial charge is 0.236 e. The summed E-state index contributed by atoms with van der Waals surface area (Å²) in [4.78, 5) is 12.6. The van der Waals surface area contributed by atoms with Crippen LogP contribution in [0, 0.1) is 12.7 Å². The largest absolute Gasteiger partial charge is 0.383 e. The quantitative estimate of drug-likeness (QED) is 0.789. The zero-order valence-corrected chi connectivity index (χ0v) is 14.1. The second-order valence-electron chi connectivity index (χ2n) is 5.35. The highest BCUT2D eigenvalue weighted by molar-refractivity contribution is 8.00. The van der Waals surface area contributed by atoms with Gasteiger partial charge in [0.05, 0.1) is 12.6 Å². The minimum absolute atomic E-state index is 0.134. The molecule has 128 valence electrons. The number of carbonyl (C=O) groups excluding carboxylic acids is 1. The number of nitrogens with one attached hydrogen (secondary N) is 2. The second kappa shape index (κ2) is 7.18. The van der Waals surface area contributed by atoms with Crippen LogP contribution in [0.1, 0.15) is 17.4 Å². The van der Waals surface area contributed by atoms with E-state index in [0.717, 1.165) is 5.56 Å². The Bertz CT molecular complexity index is 721. The second-order valence-corrected chi connectivity index (χ2v) is 6.45. The average Bonchev–Trinajstić information content (AvgIpc) is 2.95. The van der Waals surface area contributed by atoms with Crippen molar-refractivity contribution in [1.82, 2.24) is 20.2 Å². The zero-order chi connectivity index (χ0) is 17.1. The van der Waals surface area contributed by atoms with E-state index >= 15 is 0 Å². The fourth-order valence-electron chi connectivity index (χ4n) is 2.46. The highest BCUT2D eigenvalue weighted by atomic mass is 32.2. The lowest BCUT2D eigenvalue weighted by atomic mass is 10.0. The monoisotopic (exact) mass is 351 g/mol. The lowest BCUT2D eigenvalue weighted by molar-refractivity contribution is -0.121. The third-order valence-electron chi connectivity index (χ3n) is 3.69. The molecule has 7 nitrogen and oxygen atoms in total. The van der Waals surface area contributed by atoms with Crippen molar-refractivity contribution >= 4 is 17.7 Å². The van der Waals surface area contributed by atoms with Gasteiger partial charge in [-0.3, -0.25) is 4.79 Å². The highest BCUT2D eigenvalue weighted by Gasteiger charge is 2.37. The van der Waals surface area contributed by atoms with Crippen molar-refractivity contribution in [3.63, 3.8) is 0 Å². The van der Waals surface area contributed by atoms with Crippen LogP contribution in [-0.4, -0.2) is 46.3 Å². The first kappa shape index (κ1) is 16.7. The van der Waals surface area contributed by atoms with E-state index in [1.807, 2.05) is 6.92 Å². The summed E-state index contributed by atoms with van der Waals surface area (Å²) in [6.45, 7) is 2.69. The molecule has 0 fully saturated rings. The summed E-state index contributed by atoms with van der Waals surface area (Å²) in [6.07, 6.45) is 0. The summed E-state index contributed by atoms with van der Waals surface area (Å²) in [5, 5.41) is 11.1. The zero-order valence-electron chi connectivity index (χ0n) is 13.3. The molecule has 0 radical (unpaired) electrons. The molecule has 0 saturated carbocycles. The van der Waals surface area contributed by atoms with Crippen LogP contribution in [0.25, 0.3) is 0 Å². The maximum Gasteiger partial charge on any atom is 0.236 e. The maximum absolute atomic E-state index is 13.2. The molecule has 1 aliphatic heterocycles. The molecule has 2 unspecified atom stereocenters. The Morgan fingerprint density at radius 2 is 2.17 bits per heavy atom. The molecule has 0 spiro atoms. The Labute approximate surface area is 142 Å². The van der Waals surface area contributed by atoms with Gasteiger partial charge in [0.25, 0.3) is 0 Å². The number of fused-ring (bicyclic) bond motifs is 1. The fourth-order valence-corrected chi connectivity index (χ4v) is 3.61. The number of amides is 1. The summed E-state index contributed by atoms with van der Waals surface area (Å²) in [5.41, 5.74) is 4.07. The first-order valence-electron chi connectivity index (χ1n) is 7.47. The van der Waals surface area contributed by atoms with Gasteiger partial charge in [-0.15, -0.1) is 10.2 Å². The first-order valence-corrected chi connectivity index (χ1v) is 8.35. The number of rotatable bonds is 5. The SMILES string of the molecule is COCCNC(=O)C1Sc2nnc(C)n2NC1c1ccc(F)cc1. The van der Waals surface area contributed by atoms with Crippen LogP contribution in [-0.2, 0) is 9.53 Å². The third-order valence-corrected chi connectivity index (χ3v) is 4.91. The minimum atomic E-state index is -0.455. The first-order chi connectivity index (χ1) is 11.6. The van der Waals surface area contributed by atoms with Crippen LogP contribution in [0.4, 0.5) is 4.39 Å². The van der Waals surface area contributed by atoms with Crippen LogP contribution in [0.5, 0.6) is 0 Å². The van der Waals surface area contributed by atoms with Crippen molar-refractivity contribution in [2.75, 3.05) is 25.7 Å². The van der Waals surface area contributed by atoms with Crippen LogP contribution in [0.15, 0.2) is 29.4 Å². The molecule has 9 heteroatoms. The van der Waals surface area contributed by atoms with Crippen molar-refractivity contribution < 1.29 is 13.9 Å². The molecule has 1 amide bonds. The standard InChI is InChI=1S/C15H18FN5O2S/c1-9-18-19-15-21(9)20-12(10-3-5-11(16)6-4-10)13(24-15)14(22)17-7-8-23-2/h3-6,12-13,20H,7-8H2,1-2H3,(H,17,22). The highest BCUT2D eigenvalue weighted by Crippen LogP contribution is 2.36. The van der Waals surface area contributed by atoms with Crippen LogP contribution < -0.4 is 10.7 Å². The normalized spacial score (nSPS) is 19.5. The van der Waals surface area contributed by atoms with Crippen LogP contribution >= 0.6 is 11.8 Å². The molecule has 0 aliphatic carbocycles. The number of thioether (sulfide) groups is 1. The van der Waals surface area contributed by atoms with Gasteiger partial charge in [0.1, 0.15) is 16.9 Å². The third kappa shape index (κ3) is 3.36. The van der Waals surface area contributed by atoms with Crippen molar-refractivity contribution in [2.24, 2.45) is 0 Å². The maximum atomic E-state index is 13.2. The van der Waals surface area contributed by atoms with Crippen molar-refractivity contribution in [2.45, 2.75) is 23.4 Å². The van der Waals surface area contributed by atoms with E-state index in [0.29, 0.717) is 24.1 Å². The predicted octanol–water partition coefficient (Wildman–Crippen LogP) is 1.25. The van der Waals surface area contributed by atoms with E-state index in [9.17, 15) is 9.18 Å². The van der Waals surface area contributed by atoms with Gasteiger partial charge in [-0.2, -0.15) is 0 Å². The summed E-state index contributed by atoms with van der Waals surface area (Å²) < 4.78 is 19.9. The molecule has 2 heterocycles. The molecule has 1 aromatic heterocycles. The average molecular weight is 351 g/mol. The fraction of sp³-hybridized carbons (Fsp3) is 0.400. The van der Waals surface area contributed by atoms with E-state index in [-0.39, 0.29) is 17.8 Å². The molecule has 2 N–H and O–H groups in total. The molecule has 1 aliphatic rings. The topological polar surface area (TPSA) is 81.1 Å². The van der Waals surface area contributed by atoms with Crippen LogP contribution in [0.3, 0.4) is 0 Å². The number of hydrogen-bond acceptors (Lipinski definition) is 6. The Morgan fingerprint density at radius 3 is 2.88 bits per heavy atom. The van der Waals surface area contributed by atoms with E-state index in [4.69, 9.17) is 4.74 Å². The number of aromatic nitrogens is 3. The summed E-state index contributed by atoms with van der Waals surface area (Å²) >= 11 is 1.33. The number of methoxy groups -OCH3 is 1. The van der Waals surface area contributed by atoms with Crippen molar-refractivity contribution in [3.05, 3.63) is 41.5 Å². The molecule has 1 aromatic carbocycles. The molecule has 0 bridgehead atoms. The molecule has 2 atom stereocenters. The summed E-state index contributed by atoms with van der Waals surface area (Å²) in [7, 11) is 1.58. The van der Waals surface area contributed by atoms with E-state index in [1.54, 1.807) is 23.9 Å². The number of benzene rings is 1. The molecule has 3 rings (SSSR count). The molecule has 0 saturated heterocycles. The Balaban J connectivity index is 1.87. The Morgan fingerprint density at radius 1 is 1.42 bits per heavy atom. The van der Waals surface area contributed by atoms with E-state index < -0.39 is 5.25 Å². The number of aryl methyl sites for hydroxylation is 1. The molecule has 24 heavy (non-hydrogen) atoms. The number of halogens is 1. The number of ether oxygens (including phenoxy) is 1. The van der Waals surface area contributed by atoms with Crippen molar-refractivity contribution in [1.29, 1.82) is 0 Å². The molecular weight excluding hydrogens is 333 g/mol. The minimum Gasteiger partial charge on any atom is -0.383 e. The van der Waals surface area contributed by atoms with Gasteiger partial charge in [0.15, 0.2) is 0 Å². The van der Waals surface area contributed by atoms with E-state index in [1.165, 1.54) is 23.9 Å². The summed E-state index contributed by atoms with van der Waals surface area (Å²) in [5.74, 6) is 0.248. The van der Waals surface area contributed by atoms with Crippen molar-refractivity contribution in [3.8, 4) is 0 Å². The van der Waals surface area contributed by atoms with Gasteiger partial charge in [0, 0.05) is 13.7 Å².